The van der Waals surface area contributed by atoms with E-state index >= 15 is 0 Å². The third kappa shape index (κ3) is 4.11. The van der Waals surface area contributed by atoms with Crippen LogP contribution in [0.2, 0.25) is 0 Å². The fraction of sp³-hybridized carbons (Fsp3) is 0.348. The van der Waals surface area contributed by atoms with E-state index in [1.807, 2.05) is 24.1 Å². The summed E-state index contributed by atoms with van der Waals surface area (Å²) in [5.74, 6) is -1.07. The Morgan fingerprint density at radius 1 is 0.935 bits per heavy atom. The van der Waals surface area contributed by atoms with Crippen molar-refractivity contribution in [3.8, 4) is 5.75 Å². The van der Waals surface area contributed by atoms with Gasteiger partial charge in [0.05, 0.1) is 19.5 Å². The fourth-order valence-corrected chi connectivity index (χ4v) is 4.08. The van der Waals surface area contributed by atoms with Gasteiger partial charge in [0.1, 0.15) is 5.75 Å². The molecular formula is C23H26N4O4. The zero-order chi connectivity index (χ0) is 22.0. The number of carbonyl (C=O) groups excluding carboxylic acids is 3. The lowest BCUT2D eigenvalue weighted by Crippen LogP contribution is -2.40. The van der Waals surface area contributed by atoms with Gasteiger partial charge in [-0.25, -0.2) is 14.6 Å². The number of hydrogen-bond acceptors (Lipinski definition) is 6. The average Bonchev–Trinajstić information content (AvgIpc) is 3.38. The largest absolute Gasteiger partial charge is 0.497 e. The van der Waals surface area contributed by atoms with Gasteiger partial charge in [-0.3, -0.25) is 14.5 Å². The summed E-state index contributed by atoms with van der Waals surface area (Å²) in [5.41, 5.74) is 2.65. The molecule has 0 unspecified atom stereocenters. The van der Waals surface area contributed by atoms with Gasteiger partial charge in [-0.05, 0) is 55.8 Å². The summed E-state index contributed by atoms with van der Waals surface area (Å²) >= 11 is 0. The number of methoxy groups -OCH3 is 1. The van der Waals surface area contributed by atoms with Gasteiger partial charge in [-0.2, -0.15) is 0 Å². The Balaban J connectivity index is 1.47. The van der Waals surface area contributed by atoms with Crippen LogP contribution in [-0.4, -0.2) is 61.6 Å². The fourth-order valence-electron chi connectivity index (χ4n) is 4.08. The van der Waals surface area contributed by atoms with Crippen molar-refractivity contribution in [2.75, 3.05) is 43.7 Å². The van der Waals surface area contributed by atoms with Crippen LogP contribution < -0.4 is 14.5 Å². The Labute approximate surface area is 181 Å². The molecule has 2 aliphatic rings. The first-order chi connectivity index (χ1) is 15.0. The van der Waals surface area contributed by atoms with E-state index in [1.54, 1.807) is 24.3 Å². The molecule has 2 aliphatic heterocycles. The van der Waals surface area contributed by atoms with Crippen molar-refractivity contribution in [2.24, 2.45) is 0 Å². The lowest BCUT2D eigenvalue weighted by atomic mass is 10.1. The third-order valence-electron chi connectivity index (χ3n) is 5.65. The quantitative estimate of drug-likeness (QED) is 0.505. The van der Waals surface area contributed by atoms with Gasteiger partial charge in [0, 0.05) is 25.3 Å². The second-order valence-electron chi connectivity index (χ2n) is 7.83. The Morgan fingerprint density at radius 2 is 1.61 bits per heavy atom. The molecule has 8 nitrogen and oxygen atoms in total. The Kier molecular flexibility index (Phi) is 5.90. The molecule has 0 bridgehead atoms. The van der Waals surface area contributed by atoms with Crippen LogP contribution in [0, 0.1) is 0 Å². The van der Waals surface area contributed by atoms with Crippen molar-refractivity contribution in [3.63, 3.8) is 0 Å². The Bertz CT molecular complexity index is 985. The number of hydrogen-bond donors (Lipinski definition) is 0. The van der Waals surface area contributed by atoms with Crippen LogP contribution in [0.1, 0.15) is 18.4 Å². The summed E-state index contributed by atoms with van der Waals surface area (Å²) in [6, 6.07) is 14.0. The molecule has 4 rings (SSSR count). The summed E-state index contributed by atoms with van der Waals surface area (Å²) in [7, 11) is 3.37. The molecule has 0 saturated carbocycles. The van der Waals surface area contributed by atoms with E-state index in [2.05, 4.69) is 17.0 Å². The zero-order valence-electron chi connectivity index (χ0n) is 17.8. The molecule has 2 saturated heterocycles. The molecule has 8 heteroatoms. The lowest BCUT2D eigenvalue weighted by Gasteiger charge is -2.26. The molecule has 0 radical (unpaired) electrons. The van der Waals surface area contributed by atoms with Crippen molar-refractivity contribution in [1.29, 1.82) is 0 Å². The van der Waals surface area contributed by atoms with Gasteiger partial charge in [0.15, 0.2) is 0 Å². The van der Waals surface area contributed by atoms with Crippen molar-refractivity contribution >= 4 is 29.2 Å². The van der Waals surface area contributed by atoms with Crippen LogP contribution in [0.25, 0.3) is 0 Å². The van der Waals surface area contributed by atoms with Crippen LogP contribution in [0.5, 0.6) is 5.75 Å². The van der Waals surface area contributed by atoms with Gasteiger partial charge < -0.3 is 9.64 Å². The summed E-state index contributed by atoms with van der Waals surface area (Å²) < 4.78 is 5.11. The van der Waals surface area contributed by atoms with E-state index in [1.165, 1.54) is 25.6 Å². The molecule has 2 fully saturated rings. The lowest BCUT2D eigenvalue weighted by molar-refractivity contribution is -0.140. The Hall–Kier alpha value is -3.39. The molecule has 2 heterocycles. The molecule has 2 aromatic rings. The number of amides is 4. The molecule has 4 amide bonds. The van der Waals surface area contributed by atoms with Crippen LogP contribution in [-0.2, 0) is 16.1 Å². The number of carbonyl (C=O) groups is 3. The molecule has 0 aliphatic carbocycles. The van der Waals surface area contributed by atoms with E-state index in [4.69, 9.17) is 4.74 Å². The average molecular weight is 422 g/mol. The predicted octanol–water partition coefficient (Wildman–Crippen LogP) is 2.68. The molecule has 31 heavy (non-hydrogen) atoms. The maximum absolute atomic E-state index is 12.9. The van der Waals surface area contributed by atoms with Gasteiger partial charge >= 0.3 is 17.8 Å². The highest BCUT2D eigenvalue weighted by Crippen LogP contribution is 2.27. The number of para-hydroxylation sites is 1. The topological polar surface area (TPSA) is 73.4 Å². The first kappa shape index (κ1) is 20.9. The minimum Gasteiger partial charge on any atom is -0.497 e. The highest BCUT2D eigenvalue weighted by molar-refractivity contribution is 6.52. The number of ether oxygens (including phenoxy) is 1. The Morgan fingerprint density at radius 3 is 2.29 bits per heavy atom. The van der Waals surface area contributed by atoms with Gasteiger partial charge in [0.25, 0.3) is 0 Å². The minimum absolute atomic E-state index is 0.0321. The first-order valence-corrected chi connectivity index (χ1v) is 10.3. The van der Waals surface area contributed by atoms with Crippen LogP contribution in [0.15, 0.2) is 48.5 Å². The number of benzene rings is 2. The van der Waals surface area contributed by atoms with Gasteiger partial charge in [0.2, 0.25) is 0 Å². The van der Waals surface area contributed by atoms with Crippen LogP contribution >= 0.6 is 0 Å². The molecular weight excluding hydrogens is 396 g/mol. The van der Waals surface area contributed by atoms with Gasteiger partial charge in [-0.15, -0.1) is 0 Å². The van der Waals surface area contributed by atoms with Crippen LogP contribution in [0.4, 0.5) is 16.2 Å². The number of nitrogens with zero attached hydrogens (tertiary/aromatic N) is 4. The van der Waals surface area contributed by atoms with E-state index in [9.17, 15) is 14.4 Å². The zero-order valence-corrected chi connectivity index (χ0v) is 17.8. The molecule has 2 aromatic carbocycles. The maximum atomic E-state index is 12.9. The van der Waals surface area contributed by atoms with Crippen molar-refractivity contribution < 1.29 is 19.1 Å². The van der Waals surface area contributed by atoms with E-state index in [0.29, 0.717) is 18.0 Å². The molecule has 0 aromatic heterocycles. The summed E-state index contributed by atoms with van der Waals surface area (Å²) in [6.45, 7) is 2.66. The minimum atomic E-state index is -0.846. The molecule has 0 N–H and O–H groups in total. The van der Waals surface area contributed by atoms with E-state index < -0.39 is 17.8 Å². The predicted molar refractivity (Wildman–Crippen MR) is 117 cm³/mol. The smallest absolute Gasteiger partial charge is 0.340 e. The molecule has 162 valence electrons. The molecule has 0 atom stereocenters. The summed E-state index contributed by atoms with van der Waals surface area (Å²) in [4.78, 5) is 44.1. The summed E-state index contributed by atoms with van der Waals surface area (Å²) in [5, 5.41) is 0. The number of urea groups is 1. The van der Waals surface area contributed by atoms with Crippen molar-refractivity contribution in [1.82, 2.24) is 9.80 Å². The van der Waals surface area contributed by atoms with E-state index in [0.717, 1.165) is 28.5 Å². The first-order valence-electron chi connectivity index (χ1n) is 10.3. The van der Waals surface area contributed by atoms with Crippen LogP contribution in [0.3, 0.4) is 0 Å². The number of imide groups is 2. The standard InChI is InChI=1S/C23H26N4O4/c1-24(15-17-7-3-4-8-20(17)25-13-5-6-14-25)16-26-21(28)22(29)27(23(26)30)18-9-11-19(31-2)12-10-18/h3-4,7-12H,5-6,13-16H2,1-2H3. The second-order valence-corrected chi connectivity index (χ2v) is 7.83. The SMILES string of the molecule is COc1ccc(N2C(=O)C(=O)N(CN(C)Cc3ccccc3N3CCCC3)C2=O)cc1. The van der Waals surface area contributed by atoms with E-state index in [-0.39, 0.29) is 6.67 Å². The highest BCUT2D eigenvalue weighted by atomic mass is 16.5. The summed E-state index contributed by atoms with van der Waals surface area (Å²) in [6.07, 6.45) is 2.37. The van der Waals surface area contributed by atoms with Crippen molar-refractivity contribution in [3.05, 3.63) is 54.1 Å². The highest BCUT2D eigenvalue weighted by Gasteiger charge is 2.45. The molecule has 0 spiro atoms. The maximum Gasteiger partial charge on any atom is 0.340 e. The number of rotatable bonds is 7. The van der Waals surface area contributed by atoms with Gasteiger partial charge in [-0.1, -0.05) is 18.2 Å². The number of anilines is 2. The normalized spacial score (nSPS) is 16.7. The third-order valence-corrected chi connectivity index (χ3v) is 5.65. The second kappa shape index (κ2) is 8.77. The monoisotopic (exact) mass is 422 g/mol. The van der Waals surface area contributed by atoms with Crippen molar-refractivity contribution in [2.45, 2.75) is 19.4 Å².